The van der Waals surface area contributed by atoms with Crippen molar-refractivity contribution < 1.29 is 23.0 Å². The fourth-order valence-corrected chi connectivity index (χ4v) is 5.31. The third-order valence-corrected chi connectivity index (χ3v) is 7.50. The van der Waals surface area contributed by atoms with Crippen molar-refractivity contribution in [3.63, 3.8) is 0 Å². The van der Waals surface area contributed by atoms with Crippen molar-refractivity contribution in [2.24, 2.45) is 0 Å². The normalized spacial score (nSPS) is 15.8. The molecule has 1 atom stereocenters. The van der Waals surface area contributed by atoms with Gasteiger partial charge in [-0.15, -0.1) is 10.2 Å². The standard InChI is InChI=1S/C17H18N6O4S.C8H10O/c1-2-14-22-23-16(27-14)11-8-19-17(21-15(11)18)20-9-3-4-13-10(7-9)12(24)5-6-28(13,25)26;9-7-6-8-4-2-1-3-5-8/h3-4,7-8,12,24H,2,5-6H2,1H3,(H3,18,19,20,21);1-5,9H,6-7H2. The van der Waals surface area contributed by atoms with Crippen molar-refractivity contribution in [2.45, 2.75) is 37.2 Å². The van der Waals surface area contributed by atoms with Gasteiger partial charge >= 0.3 is 0 Å². The number of aryl methyl sites for hydroxylation is 1. The van der Waals surface area contributed by atoms with E-state index in [9.17, 15) is 13.5 Å². The van der Waals surface area contributed by atoms with Gasteiger partial charge in [-0.3, -0.25) is 0 Å². The fraction of sp³-hybridized carbons (Fsp3) is 0.280. The summed E-state index contributed by atoms with van der Waals surface area (Å²) in [6.45, 7) is 2.13. The third kappa shape index (κ3) is 6.28. The molecule has 2 aromatic heterocycles. The summed E-state index contributed by atoms with van der Waals surface area (Å²) >= 11 is 0. The molecule has 0 saturated heterocycles. The van der Waals surface area contributed by atoms with Crippen LogP contribution in [0.15, 0.2) is 64.0 Å². The predicted molar refractivity (Wildman–Crippen MR) is 138 cm³/mol. The van der Waals surface area contributed by atoms with E-state index >= 15 is 0 Å². The van der Waals surface area contributed by atoms with Gasteiger partial charge in [0.25, 0.3) is 5.89 Å². The molecule has 0 bridgehead atoms. The first-order valence-electron chi connectivity index (χ1n) is 11.7. The molecule has 1 aliphatic rings. The zero-order valence-corrected chi connectivity index (χ0v) is 21.0. The Morgan fingerprint density at radius 1 is 1.16 bits per heavy atom. The second kappa shape index (κ2) is 11.5. The smallest absolute Gasteiger partial charge is 0.253 e. The van der Waals surface area contributed by atoms with Crippen LogP contribution in [0.3, 0.4) is 0 Å². The molecule has 0 saturated carbocycles. The first-order valence-corrected chi connectivity index (χ1v) is 13.4. The molecule has 0 fully saturated rings. The lowest BCUT2D eigenvalue weighted by atomic mass is 10.1. The molecule has 2 aromatic carbocycles. The van der Waals surface area contributed by atoms with Crippen LogP contribution in [0, 0.1) is 0 Å². The Bertz CT molecular complexity index is 1460. The second-order valence-electron chi connectivity index (χ2n) is 8.31. The van der Waals surface area contributed by atoms with E-state index in [4.69, 9.17) is 15.3 Å². The Balaban J connectivity index is 0.000000301. The van der Waals surface area contributed by atoms with E-state index in [0.29, 0.717) is 29.1 Å². The molecule has 0 aliphatic carbocycles. The average molecular weight is 525 g/mol. The number of sulfone groups is 1. The SMILES string of the molecule is CCc1nnc(-c2cnc(Nc3ccc4c(c3)C(O)CCS4(=O)=O)nc2N)o1.OCCc1ccccc1. The highest BCUT2D eigenvalue weighted by atomic mass is 32.2. The van der Waals surface area contributed by atoms with Gasteiger partial charge in [-0.2, -0.15) is 4.98 Å². The molecule has 0 spiro atoms. The number of hydrogen-bond donors (Lipinski definition) is 4. The van der Waals surface area contributed by atoms with Crippen LogP contribution < -0.4 is 11.1 Å². The van der Waals surface area contributed by atoms with Gasteiger partial charge in [0.1, 0.15) is 5.82 Å². The van der Waals surface area contributed by atoms with Crippen LogP contribution in [0.25, 0.3) is 11.5 Å². The Hall–Kier alpha value is -3.87. The lowest BCUT2D eigenvalue weighted by Gasteiger charge is -2.22. The van der Waals surface area contributed by atoms with Crippen LogP contribution in [0.1, 0.15) is 36.5 Å². The van der Waals surface area contributed by atoms with E-state index in [0.717, 1.165) is 6.42 Å². The maximum absolute atomic E-state index is 12.1. The molecule has 12 heteroatoms. The minimum atomic E-state index is -3.37. The van der Waals surface area contributed by atoms with Crippen LogP contribution in [0.2, 0.25) is 0 Å². The maximum Gasteiger partial charge on any atom is 0.253 e. The Morgan fingerprint density at radius 2 is 1.95 bits per heavy atom. The number of nitrogen functional groups attached to an aromatic ring is 1. The average Bonchev–Trinajstić information content (AvgIpc) is 3.37. The lowest BCUT2D eigenvalue weighted by molar-refractivity contribution is 0.168. The van der Waals surface area contributed by atoms with Crippen molar-refractivity contribution in [2.75, 3.05) is 23.4 Å². The molecule has 3 heterocycles. The molecule has 11 nitrogen and oxygen atoms in total. The van der Waals surface area contributed by atoms with Crippen LogP contribution in [0.5, 0.6) is 0 Å². The summed E-state index contributed by atoms with van der Waals surface area (Å²) in [7, 11) is -3.37. The molecular formula is C25H28N6O5S. The first kappa shape index (κ1) is 26.2. The van der Waals surface area contributed by atoms with Crippen molar-refractivity contribution in [3.8, 4) is 11.5 Å². The van der Waals surface area contributed by atoms with Crippen molar-refractivity contribution >= 4 is 27.3 Å². The first-order chi connectivity index (χ1) is 17.8. The number of aliphatic hydroxyl groups is 2. The molecule has 5 N–H and O–H groups in total. The number of aliphatic hydroxyl groups excluding tert-OH is 2. The minimum absolute atomic E-state index is 0.0650. The van der Waals surface area contributed by atoms with Gasteiger partial charge in [-0.05, 0) is 36.6 Å². The lowest BCUT2D eigenvalue weighted by Crippen LogP contribution is -2.20. The highest BCUT2D eigenvalue weighted by molar-refractivity contribution is 7.91. The van der Waals surface area contributed by atoms with Crippen LogP contribution in [0.4, 0.5) is 17.5 Å². The number of nitrogens with two attached hydrogens (primary N) is 1. The van der Waals surface area contributed by atoms with Gasteiger partial charge in [0.15, 0.2) is 9.84 Å². The third-order valence-electron chi connectivity index (χ3n) is 5.68. The van der Waals surface area contributed by atoms with E-state index in [1.54, 1.807) is 12.1 Å². The summed E-state index contributed by atoms with van der Waals surface area (Å²) < 4.78 is 29.7. The summed E-state index contributed by atoms with van der Waals surface area (Å²) in [6.07, 6.45) is 2.17. The molecule has 0 amide bonds. The van der Waals surface area contributed by atoms with Crippen LogP contribution >= 0.6 is 0 Å². The molecular weight excluding hydrogens is 496 g/mol. The molecule has 1 aliphatic heterocycles. The summed E-state index contributed by atoms with van der Waals surface area (Å²) in [5.74, 6) is 1.03. The van der Waals surface area contributed by atoms with Crippen LogP contribution in [-0.2, 0) is 22.7 Å². The molecule has 194 valence electrons. The molecule has 4 aromatic rings. The predicted octanol–water partition coefficient (Wildman–Crippen LogP) is 2.85. The van der Waals surface area contributed by atoms with E-state index in [1.165, 1.54) is 17.8 Å². The van der Waals surface area contributed by atoms with Gasteiger partial charge < -0.3 is 25.7 Å². The van der Waals surface area contributed by atoms with Gasteiger partial charge in [-0.1, -0.05) is 37.3 Å². The fourth-order valence-electron chi connectivity index (χ4n) is 3.73. The van der Waals surface area contributed by atoms with Crippen molar-refractivity contribution in [1.29, 1.82) is 0 Å². The van der Waals surface area contributed by atoms with Gasteiger partial charge in [0.05, 0.1) is 22.3 Å². The van der Waals surface area contributed by atoms with Crippen molar-refractivity contribution in [3.05, 3.63) is 71.7 Å². The highest BCUT2D eigenvalue weighted by Crippen LogP contribution is 2.34. The summed E-state index contributed by atoms with van der Waals surface area (Å²) in [5, 5.41) is 29.4. The number of anilines is 3. The Labute approximate surface area is 214 Å². The molecule has 5 rings (SSSR count). The Morgan fingerprint density at radius 3 is 2.62 bits per heavy atom. The number of fused-ring (bicyclic) bond motifs is 1. The maximum atomic E-state index is 12.1. The van der Waals surface area contributed by atoms with Crippen molar-refractivity contribution in [1.82, 2.24) is 20.2 Å². The summed E-state index contributed by atoms with van der Waals surface area (Å²) in [5.41, 5.74) is 8.50. The highest BCUT2D eigenvalue weighted by Gasteiger charge is 2.29. The summed E-state index contributed by atoms with van der Waals surface area (Å²) in [6, 6.07) is 14.6. The Kier molecular flexibility index (Phi) is 8.11. The van der Waals surface area contributed by atoms with E-state index in [1.807, 2.05) is 37.3 Å². The molecule has 0 radical (unpaired) electrons. The number of hydrogen-bond acceptors (Lipinski definition) is 11. The minimum Gasteiger partial charge on any atom is -0.421 e. The number of nitrogens with zero attached hydrogens (tertiary/aromatic N) is 4. The van der Waals surface area contributed by atoms with Gasteiger partial charge in [0, 0.05) is 30.5 Å². The topological polar surface area (TPSA) is 177 Å². The number of nitrogens with one attached hydrogen (secondary N) is 1. The molecule has 37 heavy (non-hydrogen) atoms. The monoisotopic (exact) mass is 524 g/mol. The van der Waals surface area contributed by atoms with E-state index < -0.39 is 15.9 Å². The zero-order valence-electron chi connectivity index (χ0n) is 20.2. The van der Waals surface area contributed by atoms with E-state index in [-0.39, 0.29) is 41.3 Å². The number of aromatic nitrogens is 4. The quantitative estimate of drug-likeness (QED) is 0.291. The number of benzene rings is 2. The number of rotatable bonds is 6. The zero-order chi connectivity index (χ0) is 26.4. The molecule has 1 unspecified atom stereocenters. The van der Waals surface area contributed by atoms with Crippen LogP contribution in [-0.4, -0.2) is 51.2 Å². The van der Waals surface area contributed by atoms with Gasteiger partial charge in [0.2, 0.25) is 11.8 Å². The van der Waals surface area contributed by atoms with Gasteiger partial charge in [-0.25, -0.2) is 13.4 Å². The largest absolute Gasteiger partial charge is 0.421 e. The summed E-state index contributed by atoms with van der Waals surface area (Å²) in [4.78, 5) is 8.53. The second-order valence-corrected chi connectivity index (χ2v) is 10.4. The van der Waals surface area contributed by atoms with E-state index in [2.05, 4.69) is 25.5 Å².